The van der Waals surface area contributed by atoms with Crippen LogP contribution in [0.2, 0.25) is 0 Å². The number of hydrogen-bond acceptors (Lipinski definition) is 3. The molecule has 1 aliphatic heterocycles. The fourth-order valence-electron chi connectivity index (χ4n) is 2.38. The molecule has 0 saturated carbocycles. The van der Waals surface area contributed by atoms with Gasteiger partial charge in [-0.15, -0.1) is 0 Å². The standard InChI is InChI=1S/C13H18FN3O2S2/c1-9-4-2-3-7-17(9)21(18,19)16-12-6-5-10(13(15)20)8-11(12)14/h5-6,8-9,16H,2-4,7H2,1H3,(H2,15,20). The predicted molar refractivity (Wildman–Crippen MR) is 84.8 cm³/mol. The molecule has 1 aromatic rings. The first kappa shape index (κ1) is 16.1. The van der Waals surface area contributed by atoms with Gasteiger partial charge in [0.05, 0.1) is 5.69 Å². The third-order valence-electron chi connectivity index (χ3n) is 3.54. The third kappa shape index (κ3) is 3.69. The van der Waals surface area contributed by atoms with Crippen molar-refractivity contribution in [3.05, 3.63) is 29.6 Å². The van der Waals surface area contributed by atoms with Gasteiger partial charge in [0.2, 0.25) is 0 Å². The van der Waals surface area contributed by atoms with Gasteiger partial charge in [0.1, 0.15) is 10.8 Å². The molecule has 21 heavy (non-hydrogen) atoms. The second kappa shape index (κ2) is 6.25. The summed E-state index contributed by atoms with van der Waals surface area (Å²) in [6.45, 7) is 2.30. The molecule has 0 radical (unpaired) electrons. The summed E-state index contributed by atoms with van der Waals surface area (Å²) in [5.41, 5.74) is 5.67. The van der Waals surface area contributed by atoms with E-state index in [1.54, 1.807) is 0 Å². The molecule has 1 aromatic carbocycles. The van der Waals surface area contributed by atoms with E-state index < -0.39 is 16.0 Å². The molecule has 0 spiro atoms. The smallest absolute Gasteiger partial charge is 0.301 e. The van der Waals surface area contributed by atoms with Crippen LogP contribution in [0.5, 0.6) is 0 Å². The zero-order chi connectivity index (χ0) is 15.6. The molecule has 116 valence electrons. The summed E-state index contributed by atoms with van der Waals surface area (Å²) in [7, 11) is -3.76. The van der Waals surface area contributed by atoms with E-state index in [2.05, 4.69) is 4.72 Å². The van der Waals surface area contributed by atoms with E-state index in [1.165, 1.54) is 16.4 Å². The van der Waals surface area contributed by atoms with Gasteiger partial charge in [-0.2, -0.15) is 12.7 Å². The lowest BCUT2D eigenvalue weighted by molar-refractivity contribution is 0.270. The van der Waals surface area contributed by atoms with E-state index in [0.29, 0.717) is 12.1 Å². The quantitative estimate of drug-likeness (QED) is 0.828. The van der Waals surface area contributed by atoms with Crippen LogP contribution in [-0.4, -0.2) is 30.3 Å². The van der Waals surface area contributed by atoms with Gasteiger partial charge in [0, 0.05) is 18.2 Å². The summed E-state index contributed by atoms with van der Waals surface area (Å²) in [5, 5.41) is 0. The number of piperidine rings is 1. The third-order valence-corrected chi connectivity index (χ3v) is 5.42. The predicted octanol–water partition coefficient (Wildman–Crippen LogP) is 1.99. The topological polar surface area (TPSA) is 75.4 Å². The molecular formula is C13H18FN3O2S2. The highest BCUT2D eigenvalue weighted by molar-refractivity contribution is 7.90. The summed E-state index contributed by atoms with van der Waals surface area (Å²) in [4.78, 5) is 0.0629. The second-order valence-electron chi connectivity index (χ2n) is 5.12. The number of benzene rings is 1. The Balaban J connectivity index is 2.22. The van der Waals surface area contributed by atoms with Crippen LogP contribution >= 0.6 is 12.2 Å². The van der Waals surface area contributed by atoms with E-state index in [4.69, 9.17) is 18.0 Å². The zero-order valence-corrected chi connectivity index (χ0v) is 13.3. The molecule has 0 aliphatic carbocycles. The van der Waals surface area contributed by atoms with Crippen molar-refractivity contribution in [3.63, 3.8) is 0 Å². The molecule has 2 rings (SSSR count). The molecule has 1 aliphatic rings. The Bertz CT molecular complexity index is 649. The van der Waals surface area contributed by atoms with Crippen LogP contribution in [0.25, 0.3) is 0 Å². The Morgan fingerprint density at radius 3 is 2.76 bits per heavy atom. The van der Waals surface area contributed by atoms with E-state index in [-0.39, 0.29) is 16.7 Å². The van der Waals surface area contributed by atoms with Gasteiger partial charge in [-0.25, -0.2) is 4.39 Å². The van der Waals surface area contributed by atoms with E-state index in [0.717, 1.165) is 25.3 Å². The average Bonchev–Trinajstić information content (AvgIpc) is 2.41. The van der Waals surface area contributed by atoms with Crippen molar-refractivity contribution in [2.75, 3.05) is 11.3 Å². The normalized spacial score (nSPS) is 20.2. The van der Waals surface area contributed by atoms with Gasteiger partial charge < -0.3 is 5.73 Å². The van der Waals surface area contributed by atoms with Crippen LogP contribution in [0.4, 0.5) is 10.1 Å². The summed E-state index contributed by atoms with van der Waals surface area (Å²) >= 11 is 4.76. The van der Waals surface area contributed by atoms with Crippen LogP contribution in [0.1, 0.15) is 31.7 Å². The summed E-state index contributed by atoms with van der Waals surface area (Å²) in [6.07, 6.45) is 2.63. The largest absolute Gasteiger partial charge is 0.389 e. The van der Waals surface area contributed by atoms with Crippen LogP contribution in [-0.2, 0) is 10.2 Å². The number of rotatable bonds is 4. The minimum Gasteiger partial charge on any atom is -0.389 e. The highest BCUT2D eigenvalue weighted by Gasteiger charge is 2.30. The first-order valence-electron chi connectivity index (χ1n) is 6.70. The molecule has 1 unspecified atom stereocenters. The van der Waals surface area contributed by atoms with Crippen LogP contribution in [0, 0.1) is 5.82 Å². The van der Waals surface area contributed by atoms with Crippen molar-refractivity contribution >= 4 is 33.1 Å². The van der Waals surface area contributed by atoms with Gasteiger partial charge >= 0.3 is 10.2 Å². The van der Waals surface area contributed by atoms with Gasteiger partial charge in [0.25, 0.3) is 0 Å². The van der Waals surface area contributed by atoms with E-state index in [1.807, 2.05) is 6.92 Å². The molecule has 5 nitrogen and oxygen atoms in total. The SMILES string of the molecule is CC1CCCCN1S(=O)(=O)Nc1ccc(C(N)=S)cc1F. The number of hydrogen-bond donors (Lipinski definition) is 2. The van der Waals surface area contributed by atoms with Crippen molar-refractivity contribution in [2.45, 2.75) is 32.2 Å². The van der Waals surface area contributed by atoms with Crippen molar-refractivity contribution in [1.82, 2.24) is 4.31 Å². The maximum Gasteiger partial charge on any atom is 0.301 e. The zero-order valence-electron chi connectivity index (χ0n) is 11.7. The Labute approximate surface area is 129 Å². The van der Waals surface area contributed by atoms with Gasteiger partial charge in [-0.3, -0.25) is 4.72 Å². The number of thiocarbonyl (C=S) groups is 1. The lowest BCUT2D eigenvalue weighted by Gasteiger charge is -2.32. The van der Waals surface area contributed by atoms with Crippen LogP contribution in [0.15, 0.2) is 18.2 Å². The number of nitrogens with one attached hydrogen (secondary N) is 1. The Morgan fingerprint density at radius 1 is 1.48 bits per heavy atom. The van der Waals surface area contributed by atoms with E-state index >= 15 is 0 Å². The minimum absolute atomic E-state index is 0.0629. The lowest BCUT2D eigenvalue weighted by atomic mass is 10.1. The molecule has 0 amide bonds. The fraction of sp³-hybridized carbons (Fsp3) is 0.462. The Morgan fingerprint density at radius 2 is 2.19 bits per heavy atom. The maximum atomic E-state index is 13.9. The Kier molecular flexibility index (Phi) is 4.80. The minimum atomic E-state index is -3.76. The first-order chi connectivity index (χ1) is 9.81. The molecular weight excluding hydrogens is 313 g/mol. The van der Waals surface area contributed by atoms with Crippen molar-refractivity contribution in [2.24, 2.45) is 5.73 Å². The van der Waals surface area contributed by atoms with Gasteiger partial charge in [-0.05, 0) is 38.0 Å². The lowest BCUT2D eigenvalue weighted by Crippen LogP contribution is -2.44. The highest BCUT2D eigenvalue weighted by atomic mass is 32.2. The molecule has 8 heteroatoms. The van der Waals surface area contributed by atoms with Crippen LogP contribution < -0.4 is 10.5 Å². The Hall–Kier alpha value is -1.25. The number of anilines is 1. The molecule has 1 heterocycles. The molecule has 1 saturated heterocycles. The fourth-order valence-corrected chi connectivity index (χ4v) is 4.01. The average molecular weight is 331 g/mol. The number of halogens is 1. The molecule has 3 N–H and O–H groups in total. The van der Waals surface area contributed by atoms with Crippen molar-refractivity contribution in [1.29, 1.82) is 0 Å². The maximum absolute atomic E-state index is 13.9. The second-order valence-corrected chi connectivity index (χ2v) is 7.18. The summed E-state index contributed by atoms with van der Waals surface area (Å²) < 4.78 is 42.3. The summed E-state index contributed by atoms with van der Waals surface area (Å²) in [5.74, 6) is -0.700. The number of nitrogens with two attached hydrogens (primary N) is 1. The van der Waals surface area contributed by atoms with Crippen LogP contribution in [0.3, 0.4) is 0 Å². The molecule has 1 atom stereocenters. The van der Waals surface area contributed by atoms with Gasteiger partial charge in [-0.1, -0.05) is 18.6 Å². The van der Waals surface area contributed by atoms with Crippen molar-refractivity contribution in [3.8, 4) is 0 Å². The van der Waals surface area contributed by atoms with Crippen molar-refractivity contribution < 1.29 is 12.8 Å². The monoisotopic (exact) mass is 331 g/mol. The first-order valence-corrected chi connectivity index (χ1v) is 8.55. The van der Waals surface area contributed by atoms with E-state index in [9.17, 15) is 12.8 Å². The molecule has 1 fully saturated rings. The van der Waals surface area contributed by atoms with Gasteiger partial charge in [0.15, 0.2) is 0 Å². The summed E-state index contributed by atoms with van der Waals surface area (Å²) in [6, 6.07) is 3.86. The highest BCUT2D eigenvalue weighted by Crippen LogP contribution is 2.23. The number of nitrogens with zero attached hydrogens (tertiary/aromatic N) is 1. The molecule has 0 aromatic heterocycles. The molecule has 0 bridgehead atoms.